The second kappa shape index (κ2) is 8.42. The Hall–Kier alpha value is -3.73. The Balaban J connectivity index is 1.62. The van der Waals surface area contributed by atoms with E-state index in [-0.39, 0.29) is 28.1 Å². The van der Waals surface area contributed by atoms with Gasteiger partial charge in [0, 0.05) is 23.9 Å². The molecule has 0 spiro atoms. The maximum atomic E-state index is 13.1. The van der Waals surface area contributed by atoms with Crippen molar-refractivity contribution in [2.75, 3.05) is 37.5 Å². The molecule has 3 aromatic rings. The molecule has 0 radical (unpaired) electrons. The fourth-order valence-corrected chi connectivity index (χ4v) is 4.74. The van der Waals surface area contributed by atoms with E-state index in [0.717, 1.165) is 0 Å². The lowest BCUT2D eigenvalue weighted by molar-refractivity contribution is 0.0976. The number of sulfonamides is 1. The number of hydrogen-bond donors (Lipinski definition) is 2. The molecule has 0 unspecified atom stereocenters. The third-order valence-corrected chi connectivity index (χ3v) is 6.55. The molecule has 2 N–H and O–H groups in total. The van der Waals surface area contributed by atoms with E-state index in [9.17, 15) is 13.2 Å². The quantitative estimate of drug-likeness (QED) is 0.557. The molecule has 0 saturated heterocycles. The van der Waals surface area contributed by atoms with Gasteiger partial charge < -0.3 is 19.1 Å². The summed E-state index contributed by atoms with van der Waals surface area (Å²) in [6, 6.07) is 11.6. The highest BCUT2D eigenvalue weighted by Gasteiger charge is 2.32. The monoisotopic (exact) mass is 458 g/mol. The summed E-state index contributed by atoms with van der Waals surface area (Å²) in [5.41, 5.74) is 1.45. The van der Waals surface area contributed by atoms with Crippen molar-refractivity contribution >= 4 is 27.4 Å². The first-order chi connectivity index (χ1) is 15.4. The fraction of sp³-hybridized carbons (Fsp3) is 0.238. The van der Waals surface area contributed by atoms with Crippen LogP contribution in [0.4, 0.5) is 11.5 Å². The zero-order valence-corrected chi connectivity index (χ0v) is 18.5. The highest BCUT2D eigenvalue weighted by Crippen LogP contribution is 2.32. The Morgan fingerprint density at radius 3 is 2.34 bits per heavy atom. The molecule has 0 saturated carbocycles. The fourth-order valence-electron chi connectivity index (χ4n) is 3.51. The van der Waals surface area contributed by atoms with Crippen molar-refractivity contribution < 1.29 is 27.4 Å². The first-order valence-corrected chi connectivity index (χ1v) is 11.1. The number of methoxy groups -OCH3 is 3. The van der Waals surface area contributed by atoms with Crippen molar-refractivity contribution in [1.29, 1.82) is 0 Å². The Morgan fingerprint density at radius 2 is 1.69 bits per heavy atom. The van der Waals surface area contributed by atoms with E-state index in [1.165, 1.54) is 26.4 Å². The summed E-state index contributed by atoms with van der Waals surface area (Å²) in [7, 11) is 0.331. The molecule has 2 heterocycles. The summed E-state index contributed by atoms with van der Waals surface area (Å²) in [6.07, 6.45) is 0.413. The Morgan fingerprint density at radius 1 is 1.00 bits per heavy atom. The summed E-state index contributed by atoms with van der Waals surface area (Å²) >= 11 is 0. The second-order valence-electron chi connectivity index (χ2n) is 6.95. The maximum Gasteiger partial charge on any atom is 0.276 e. The lowest BCUT2D eigenvalue weighted by atomic mass is 10.1. The van der Waals surface area contributed by atoms with E-state index >= 15 is 0 Å². The van der Waals surface area contributed by atoms with Gasteiger partial charge >= 0.3 is 0 Å². The SMILES string of the molecule is COc1ccc(N2CCc3c(NS(=O)(=O)c4cc(OC)ccc4OC)n[nH]c3C2=O)cc1. The summed E-state index contributed by atoms with van der Waals surface area (Å²) < 4.78 is 44.0. The number of fused-ring (bicyclic) bond motifs is 1. The van der Waals surface area contributed by atoms with Gasteiger partial charge in [-0.05, 0) is 42.8 Å². The minimum absolute atomic E-state index is 0.0765. The molecule has 0 atom stereocenters. The Labute approximate surface area is 185 Å². The molecule has 0 fully saturated rings. The number of anilines is 2. The van der Waals surface area contributed by atoms with Crippen LogP contribution in [0, 0.1) is 0 Å². The van der Waals surface area contributed by atoms with Gasteiger partial charge in [0.2, 0.25) is 0 Å². The Kier molecular flexibility index (Phi) is 5.66. The van der Waals surface area contributed by atoms with Gasteiger partial charge in [-0.2, -0.15) is 5.10 Å². The van der Waals surface area contributed by atoms with E-state index in [0.29, 0.717) is 35.7 Å². The summed E-state index contributed by atoms with van der Waals surface area (Å²) in [6.45, 7) is 0.370. The number of aromatic nitrogens is 2. The van der Waals surface area contributed by atoms with Crippen LogP contribution in [0.3, 0.4) is 0 Å². The molecular weight excluding hydrogens is 436 g/mol. The molecule has 2 aromatic carbocycles. The number of ether oxygens (including phenoxy) is 3. The smallest absolute Gasteiger partial charge is 0.276 e. The number of benzene rings is 2. The molecule has 1 amide bonds. The normalized spacial score (nSPS) is 13.5. The third-order valence-electron chi connectivity index (χ3n) is 5.19. The maximum absolute atomic E-state index is 13.1. The topological polar surface area (TPSA) is 123 Å². The highest BCUT2D eigenvalue weighted by atomic mass is 32.2. The molecule has 10 nitrogen and oxygen atoms in total. The van der Waals surface area contributed by atoms with Gasteiger partial charge in [-0.25, -0.2) is 8.42 Å². The van der Waals surface area contributed by atoms with Crippen molar-refractivity contribution in [2.24, 2.45) is 0 Å². The number of rotatable bonds is 7. The molecule has 4 rings (SSSR count). The van der Waals surface area contributed by atoms with E-state index in [1.807, 2.05) is 0 Å². The number of hydrogen-bond acceptors (Lipinski definition) is 7. The van der Waals surface area contributed by atoms with Crippen LogP contribution in [0.1, 0.15) is 16.1 Å². The van der Waals surface area contributed by atoms with Crippen LogP contribution in [0.15, 0.2) is 47.4 Å². The van der Waals surface area contributed by atoms with Crippen LogP contribution in [-0.2, 0) is 16.4 Å². The van der Waals surface area contributed by atoms with Crippen LogP contribution < -0.4 is 23.8 Å². The van der Waals surface area contributed by atoms with E-state index in [4.69, 9.17) is 14.2 Å². The number of amides is 1. The molecule has 11 heteroatoms. The predicted octanol–water partition coefficient (Wildman–Crippen LogP) is 2.44. The number of nitrogens with one attached hydrogen (secondary N) is 2. The van der Waals surface area contributed by atoms with Crippen molar-refractivity contribution in [1.82, 2.24) is 10.2 Å². The van der Waals surface area contributed by atoms with Gasteiger partial charge in [-0.3, -0.25) is 14.6 Å². The van der Waals surface area contributed by atoms with Crippen LogP contribution in [0.5, 0.6) is 17.2 Å². The van der Waals surface area contributed by atoms with E-state index < -0.39 is 10.0 Å². The van der Waals surface area contributed by atoms with E-state index in [1.54, 1.807) is 42.3 Å². The minimum atomic E-state index is -4.06. The van der Waals surface area contributed by atoms with E-state index in [2.05, 4.69) is 14.9 Å². The number of H-pyrrole nitrogens is 1. The minimum Gasteiger partial charge on any atom is -0.497 e. The van der Waals surface area contributed by atoms with Gasteiger partial charge in [0.1, 0.15) is 27.8 Å². The van der Waals surface area contributed by atoms with Crippen molar-refractivity contribution in [3.63, 3.8) is 0 Å². The molecule has 0 bridgehead atoms. The van der Waals surface area contributed by atoms with Crippen LogP contribution in [0.2, 0.25) is 0 Å². The van der Waals surface area contributed by atoms with Crippen molar-refractivity contribution in [3.05, 3.63) is 53.7 Å². The zero-order chi connectivity index (χ0) is 22.9. The summed E-state index contributed by atoms with van der Waals surface area (Å²) in [4.78, 5) is 14.5. The highest BCUT2D eigenvalue weighted by molar-refractivity contribution is 7.92. The predicted molar refractivity (Wildman–Crippen MR) is 117 cm³/mol. The number of carbonyl (C=O) groups is 1. The van der Waals surface area contributed by atoms with Gasteiger partial charge in [0.25, 0.3) is 15.9 Å². The number of carbonyl (C=O) groups excluding carboxylic acids is 1. The average molecular weight is 458 g/mol. The lowest BCUT2D eigenvalue weighted by Crippen LogP contribution is -2.37. The van der Waals surface area contributed by atoms with Crippen LogP contribution in [-0.4, -0.2) is 52.4 Å². The Bertz CT molecular complexity index is 1250. The van der Waals surface area contributed by atoms with Crippen molar-refractivity contribution in [2.45, 2.75) is 11.3 Å². The van der Waals surface area contributed by atoms with Gasteiger partial charge in [0.15, 0.2) is 5.82 Å². The summed E-state index contributed by atoms with van der Waals surface area (Å²) in [5.74, 6) is 0.982. The molecule has 1 aliphatic heterocycles. The second-order valence-corrected chi connectivity index (χ2v) is 8.60. The largest absolute Gasteiger partial charge is 0.497 e. The first-order valence-electron chi connectivity index (χ1n) is 9.66. The standard InChI is InChI=1S/C21H22N4O6S/c1-29-14-6-4-13(5-7-14)25-11-10-16-19(21(25)26)22-23-20(16)24-32(27,28)18-12-15(30-2)8-9-17(18)31-3/h4-9,12H,10-11H2,1-3H3,(H2,22,23,24). The number of aromatic amines is 1. The molecule has 1 aliphatic rings. The van der Waals surface area contributed by atoms with Gasteiger partial charge in [-0.15, -0.1) is 0 Å². The van der Waals surface area contributed by atoms with Crippen LogP contribution >= 0.6 is 0 Å². The van der Waals surface area contributed by atoms with Gasteiger partial charge in [-0.1, -0.05) is 0 Å². The zero-order valence-electron chi connectivity index (χ0n) is 17.7. The molecule has 32 heavy (non-hydrogen) atoms. The average Bonchev–Trinajstić information content (AvgIpc) is 3.22. The summed E-state index contributed by atoms with van der Waals surface area (Å²) in [5, 5.41) is 6.73. The molecular formula is C21H22N4O6S. The van der Waals surface area contributed by atoms with Crippen LogP contribution in [0.25, 0.3) is 0 Å². The van der Waals surface area contributed by atoms with Crippen molar-refractivity contribution in [3.8, 4) is 17.2 Å². The number of nitrogens with zero attached hydrogens (tertiary/aromatic N) is 2. The molecule has 168 valence electrons. The lowest BCUT2D eigenvalue weighted by Gasteiger charge is -2.27. The third kappa shape index (κ3) is 3.82. The van der Waals surface area contributed by atoms with Gasteiger partial charge in [0.05, 0.1) is 21.3 Å². The molecule has 0 aliphatic carbocycles. The molecule has 1 aromatic heterocycles. The first kappa shape index (κ1) is 21.5.